The second-order valence-electron chi connectivity index (χ2n) is 5.63. The zero-order valence-corrected chi connectivity index (χ0v) is 14.7. The maximum atomic E-state index is 12.4. The standard InChI is InChI=1S/C19H18N2O4.ClH/c22-12-16(14-6-2-1-3-7-14)19(24)25-11-10-21-13-20-17-9-5-4-8-15(17)18(21)23;/h1-9,13,16,22H,10-12H2;1H. The van der Waals surface area contributed by atoms with E-state index in [1.807, 2.05) is 18.2 Å². The Labute approximate surface area is 156 Å². The van der Waals surface area contributed by atoms with Crippen LogP contribution in [0.15, 0.2) is 65.7 Å². The minimum Gasteiger partial charge on any atom is -1.00 e. The topological polar surface area (TPSA) is 82.7 Å². The number of para-hydroxylation sites is 1. The third-order valence-corrected chi connectivity index (χ3v) is 4.04. The van der Waals surface area contributed by atoms with Gasteiger partial charge in [0.15, 0.2) is 0 Å². The van der Waals surface area contributed by atoms with Gasteiger partial charge in [0, 0.05) is 0 Å². The van der Waals surface area contributed by atoms with Crippen LogP contribution in [0.2, 0.25) is 0 Å². The average molecular weight is 375 g/mol. The van der Waals surface area contributed by atoms with Gasteiger partial charge in [-0.1, -0.05) is 42.5 Å². The number of aromatic nitrogens is 2. The van der Waals surface area contributed by atoms with Gasteiger partial charge in [-0.25, -0.2) is 9.78 Å². The Bertz CT molecular complexity index is 927. The quantitative estimate of drug-likeness (QED) is 0.513. The number of halogens is 1. The smallest absolute Gasteiger partial charge is 0.345 e. The molecule has 1 unspecified atom stereocenters. The number of aliphatic hydroxyl groups excluding tert-OH is 1. The number of nitrogens with one attached hydrogen (secondary N) is 1. The number of fused-ring (bicyclic) bond motifs is 1. The van der Waals surface area contributed by atoms with E-state index in [-0.39, 0.29) is 37.7 Å². The molecule has 0 amide bonds. The van der Waals surface area contributed by atoms with Crippen molar-refractivity contribution in [2.75, 3.05) is 13.2 Å². The molecule has 0 radical (unpaired) electrons. The molecule has 0 saturated carbocycles. The van der Waals surface area contributed by atoms with E-state index in [1.165, 1.54) is 4.57 Å². The van der Waals surface area contributed by atoms with Crippen molar-refractivity contribution in [3.8, 4) is 0 Å². The minimum absolute atomic E-state index is 0. The molecule has 6 nitrogen and oxygen atoms in total. The largest absolute Gasteiger partial charge is 1.00 e. The van der Waals surface area contributed by atoms with Gasteiger partial charge < -0.3 is 22.3 Å². The van der Waals surface area contributed by atoms with Gasteiger partial charge in [-0.05, 0) is 17.7 Å². The van der Waals surface area contributed by atoms with Crippen LogP contribution in [0.5, 0.6) is 0 Å². The van der Waals surface area contributed by atoms with E-state index >= 15 is 0 Å². The molecule has 3 rings (SSSR count). The van der Waals surface area contributed by atoms with Crippen LogP contribution in [0.1, 0.15) is 11.5 Å². The van der Waals surface area contributed by atoms with E-state index < -0.39 is 11.9 Å². The van der Waals surface area contributed by atoms with Crippen molar-refractivity contribution >= 4 is 16.9 Å². The number of hydrogen-bond acceptors (Lipinski definition) is 4. The summed E-state index contributed by atoms with van der Waals surface area (Å²) < 4.78 is 6.71. The molecule has 0 aliphatic carbocycles. The van der Waals surface area contributed by atoms with Gasteiger partial charge in [0.25, 0.3) is 0 Å². The van der Waals surface area contributed by atoms with Crippen LogP contribution in [0.25, 0.3) is 10.9 Å². The van der Waals surface area contributed by atoms with Crippen molar-refractivity contribution in [2.24, 2.45) is 0 Å². The first-order chi connectivity index (χ1) is 12.2. The zero-order valence-electron chi connectivity index (χ0n) is 14.0. The van der Waals surface area contributed by atoms with Crippen LogP contribution in [-0.2, 0) is 16.1 Å². The van der Waals surface area contributed by atoms with E-state index in [9.17, 15) is 14.7 Å². The summed E-state index contributed by atoms with van der Waals surface area (Å²) in [5.41, 5.74) is 1.31. The normalized spacial score (nSPS) is 11.6. The summed E-state index contributed by atoms with van der Waals surface area (Å²) in [4.78, 5) is 27.6. The molecule has 2 aromatic carbocycles. The highest BCUT2D eigenvalue weighted by Crippen LogP contribution is 2.16. The molecular formula is C19H19ClN2O4. The summed E-state index contributed by atoms with van der Waals surface area (Å²) in [5.74, 6) is -1.23. The Balaban J connectivity index is 0.00000243. The predicted octanol–water partition coefficient (Wildman–Crippen LogP) is -1.86. The first-order valence-corrected chi connectivity index (χ1v) is 8.03. The number of carbonyl (C=O) groups is 1. The number of nitrogens with zero attached hydrogens (tertiary/aromatic N) is 1. The molecule has 136 valence electrons. The number of esters is 1. The molecule has 26 heavy (non-hydrogen) atoms. The molecule has 0 aliphatic rings. The van der Waals surface area contributed by atoms with Crippen molar-refractivity contribution < 1.29 is 32.0 Å². The number of carbonyl (C=O) groups excluding carboxylic acids is 1. The highest BCUT2D eigenvalue weighted by Gasteiger charge is 2.21. The monoisotopic (exact) mass is 374 g/mol. The molecule has 1 heterocycles. The second-order valence-corrected chi connectivity index (χ2v) is 5.63. The Morgan fingerprint density at radius 1 is 1.12 bits per heavy atom. The van der Waals surface area contributed by atoms with E-state index in [1.54, 1.807) is 42.7 Å². The number of aromatic amines is 1. The first kappa shape index (κ1) is 19.6. The van der Waals surface area contributed by atoms with Crippen molar-refractivity contribution in [3.05, 3.63) is 76.8 Å². The second kappa shape index (κ2) is 9.12. The van der Waals surface area contributed by atoms with Gasteiger partial charge in [0.05, 0.1) is 6.61 Å². The number of benzene rings is 2. The van der Waals surface area contributed by atoms with Gasteiger partial charge in [-0.2, -0.15) is 4.57 Å². The summed E-state index contributed by atoms with van der Waals surface area (Å²) in [6, 6.07) is 16.2. The molecule has 0 saturated heterocycles. The van der Waals surface area contributed by atoms with Gasteiger partial charge in [0.1, 0.15) is 30.0 Å². The number of aliphatic hydroxyl groups is 1. The Kier molecular flexibility index (Phi) is 6.89. The lowest BCUT2D eigenvalue weighted by Gasteiger charge is -2.13. The molecule has 0 aliphatic heterocycles. The molecule has 0 spiro atoms. The number of ether oxygens (including phenoxy) is 1. The fourth-order valence-electron chi connectivity index (χ4n) is 2.67. The Morgan fingerprint density at radius 2 is 1.81 bits per heavy atom. The molecule has 3 aromatic rings. The number of rotatable bonds is 6. The van der Waals surface area contributed by atoms with Gasteiger partial charge >= 0.3 is 11.5 Å². The van der Waals surface area contributed by atoms with E-state index in [0.717, 1.165) is 5.52 Å². The van der Waals surface area contributed by atoms with Gasteiger partial charge in [-0.15, -0.1) is 0 Å². The Hall–Kier alpha value is -2.70. The fourth-order valence-corrected chi connectivity index (χ4v) is 2.67. The van der Waals surface area contributed by atoms with Crippen molar-refractivity contribution in [1.29, 1.82) is 0 Å². The van der Waals surface area contributed by atoms with E-state index in [2.05, 4.69) is 4.98 Å². The van der Waals surface area contributed by atoms with Crippen LogP contribution < -0.4 is 23.0 Å². The summed E-state index contributed by atoms with van der Waals surface area (Å²) in [6.45, 7) is -0.0420. The molecule has 1 atom stereocenters. The van der Waals surface area contributed by atoms with Crippen molar-refractivity contribution in [2.45, 2.75) is 12.5 Å². The minimum atomic E-state index is -0.721. The molecule has 0 fully saturated rings. The van der Waals surface area contributed by atoms with Crippen LogP contribution in [0.4, 0.5) is 0 Å². The van der Waals surface area contributed by atoms with Crippen LogP contribution in [0, 0.1) is 0 Å². The Morgan fingerprint density at radius 3 is 2.54 bits per heavy atom. The molecule has 2 N–H and O–H groups in total. The van der Waals surface area contributed by atoms with E-state index in [4.69, 9.17) is 4.74 Å². The predicted molar refractivity (Wildman–Crippen MR) is 92.0 cm³/mol. The van der Waals surface area contributed by atoms with Gasteiger partial charge in [-0.3, -0.25) is 4.79 Å². The van der Waals surface area contributed by atoms with Crippen LogP contribution in [-0.4, -0.2) is 28.9 Å². The third-order valence-electron chi connectivity index (χ3n) is 4.04. The molecule has 7 heteroatoms. The maximum Gasteiger partial charge on any atom is 0.345 e. The third kappa shape index (κ3) is 4.28. The SMILES string of the molecule is O=C(OCCn1c[nH+]c2ccccc2c1=O)C(CO)c1ccccc1.[Cl-]. The summed E-state index contributed by atoms with van der Waals surface area (Å²) >= 11 is 0. The molecule has 1 aromatic heterocycles. The number of hydrogen-bond donors (Lipinski definition) is 1. The maximum absolute atomic E-state index is 12.4. The van der Waals surface area contributed by atoms with E-state index in [0.29, 0.717) is 10.9 Å². The lowest BCUT2D eigenvalue weighted by Crippen LogP contribution is -3.00. The summed E-state index contributed by atoms with van der Waals surface area (Å²) in [6.07, 6.45) is 1.57. The van der Waals surface area contributed by atoms with Gasteiger partial charge in [0.2, 0.25) is 6.33 Å². The van der Waals surface area contributed by atoms with Crippen molar-refractivity contribution in [1.82, 2.24) is 4.57 Å². The first-order valence-electron chi connectivity index (χ1n) is 8.03. The summed E-state index contributed by atoms with van der Waals surface area (Å²) in [5, 5.41) is 10.0. The highest BCUT2D eigenvalue weighted by molar-refractivity contribution is 5.78. The van der Waals surface area contributed by atoms with Crippen molar-refractivity contribution in [3.63, 3.8) is 0 Å². The average Bonchev–Trinajstić information content (AvgIpc) is 2.65. The lowest BCUT2D eigenvalue weighted by molar-refractivity contribution is -0.353. The molecular weight excluding hydrogens is 356 g/mol. The van der Waals surface area contributed by atoms with Crippen LogP contribution in [0.3, 0.4) is 0 Å². The molecule has 0 bridgehead atoms. The number of H-pyrrole nitrogens is 1. The zero-order chi connectivity index (χ0) is 17.6. The van der Waals surface area contributed by atoms with Crippen LogP contribution >= 0.6 is 0 Å². The fraction of sp³-hybridized carbons (Fsp3) is 0.211. The highest BCUT2D eigenvalue weighted by atomic mass is 35.5. The lowest BCUT2D eigenvalue weighted by atomic mass is 10.0. The summed E-state index contributed by atoms with van der Waals surface area (Å²) in [7, 11) is 0.